The fraction of sp³-hybridized carbons (Fsp3) is 0.125. The fourth-order valence-corrected chi connectivity index (χ4v) is 3.58. The number of amides is 1. The van der Waals surface area contributed by atoms with Gasteiger partial charge >= 0.3 is 0 Å². The second-order valence-corrected chi connectivity index (χ2v) is 8.03. The van der Waals surface area contributed by atoms with Crippen LogP contribution >= 0.6 is 11.6 Å². The molecule has 0 spiro atoms. The van der Waals surface area contributed by atoms with E-state index >= 15 is 0 Å². The summed E-state index contributed by atoms with van der Waals surface area (Å²) in [6.45, 7) is -0.334. The first-order chi connectivity index (χ1) is 12.7. The molecule has 2 aromatic carbocycles. The molecule has 0 radical (unpaired) electrons. The third-order valence-electron chi connectivity index (χ3n) is 3.68. The van der Waals surface area contributed by atoms with Gasteiger partial charge in [-0.2, -0.15) is 0 Å². The minimum Gasteiger partial charge on any atom is -0.324 e. The number of anilines is 1. The minimum absolute atomic E-state index is 0.0574. The second kappa shape index (κ2) is 6.97. The zero-order chi connectivity index (χ0) is 19.8. The monoisotopic (exact) mass is 408 g/mol. The molecule has 0 aliphatic carbocycles. The summed E-state index contributed by atoms with van der Waals surface area (Å²) >= 11 is 5.75. The minimum atomic E-state index is -3.67. The van der Waals surface area contributed by atoms with Gasteiger partial charge in [0.05, 0.1) is 16.0 Å². The Hall–Kier alpha value is -2.98. The number of rotatable bonds is 5. The summed E-state index contributed by atoms with van der Waals surface area (Å²) < 4.78 is 25.3. The maximum Gasteiger partial charge on any atom is 0.289 e. The van der Waals surface area contributed by atoms with Gasteiger partial charge in [-0.25, -0.2) is 13.4 Å². The van der Waals surface area contributed by atoms with E-state index in [-0.39, 0.29) is 28.1 Å². The fourth-order valence-electron chi connectivity index (χ4n) is 2.56. The number of nitrogens with one attached hydrogen (secondary N) is 1. The zero-order valence-electron chi connectivity index (χ0n) is 13.9. The van der Waals surface area contributed by atoms with Gasteiger partial charge in [-0.15, -0.1) is 0 Å². The average molecular weight is 409 g/mol. The van der Waals surface area contributed by atoms with Crippen molar-refractivity contribution in [3.63, 3.8) is 0 Å². The van der Waals surface area contributed by atoms with E-state index < -0.39 is 20.7 Å². The lowest BCUT2D eigenvalue weighted by molar-refractivity contribution is -0.384. The van der Waals surface area contributed by atoms with Crippen LogP contribution in [0.3, 0.4) is 0 Å². The van der Waals surface area contributed by atoms with Gasteiger partial charge in [-0.05, 0) is 24.3 Å². The van der Waals surface area contributed by atoms with Gasteiger partial charge < -0.3 is 9.88 Å². The average Bonchev–Trinajstić information content (AvgIpc) is 2.95. The van der Waals surface area contributed by atoms with Gasteiger partial charge in [0.1, 0.15) is 11.6 Å². The third kappa shape index (κ3) is 3.91. The lowest BCUT2D eigenvalue weighted by atomic mass is 10.2. The normalized spacial score (nSPS) is 11.5. The molecular weight excluding hydrogens is 396 g/mol. The smallest absolute Gasteiger partial charge is 0.289 e. The number of nitro benzene ring substituents is 1. The summed E-state index contributed by atoms with van der Waals surface area (Å²) in [5, 5.41) is 13.2. The molecule has 9 nitrogen and oxygen atoms in total. The number of carbonyl (C=O) groups is 1. The number of halogens is 1. The second-order valence-electron chi connectivity index (χ2n) is 5.71. The molecule has 0 saturated carbocycles. The van der Waals surface area contributed by atoms with Crippen LogP contribution in [0, 0.1) is 10.1 Å². The molecule has 3 aromatic rings. The van der Waals surface area contributed by atoms with Crippen molar-refractivity contribution < 1.29 is 18.1 Å². The van der Waals surface area contributed by atoms with Crippen molar-refractivity contribution >= 4 is 49.8 Å². The van der Waals surface area contributed by atoms with E-state index in [2.05, 4.69) is 10.3 Å². The van der Waals surface area contributed by atoms with E-state index in [4.69, 9.17) is 11.6 Å². The first-order valence-electron chi connectivity index (χ1n) is 7.56. The highest BCUT2D eigenvalue weighted by molar-refractivity contribution is 7.90. The van der Waals surface area contributed by atoms with Crippen molar-refractivity contribution in [1.82, 2.24) is 9.55 Å². The number of nitro groups is 1. The molecule has 0 unspecified atom stereocenters. The van der Waals surface area contributed by atoms with Crippen molar-refractivity contribution in [2.75, 3.05) is 11.6 Å². The molecule has 0 atom stereocenters. The Morgan fingerprint density at radius 1 is 1.30 bits per heavy atom. The Bertz CT molecular complexity index is 1170. The van der Waals surface area contributed by atoms with E-state index in [0.29, 0.717) is 11.0 Å². The maximum atomic E-state index is 12.4. The summed E-state index contributed by atoms with van der Waals surface area (Å²) in [5.74, 6) is -0.570. The van der Waals surface area contributed by atoms with E-state index in [0.717, 1.165) is 12.3 Å². The van der Waals surface area contributed by atoms with Gasteiger partial charge in [-0.3, -0.25) is 14.9 Å². The van der Waals surface area contributed by atoms with Crippen LogP contribution in [0.4, 0.5) is 11.4 Å². The summed E-state index contributed by atoms with van der Waals surface area (Å²) in [7, 11) is -3.67. The van der Waals surface area contributed by atoms with Crippen molar-refractivity contribution in [3.8, 4) is 0 Å². The van der Waals surface area contributed by atoms with Crippen LogP contribution < -0.4 is 5.32 Å². The van der Waals surface area contributed by atoms with E-state index in [1.54, 1.807) is 24.3 Å². The topological polar surface area (TPSA) is 124 Å². The molecule has 1 aromatic heterocycles. The largest absolute Gasteiger partial charge is 0.324 e. The molecule has 3 rings (SSSR count). The quantitative estimate of drug-likeness (QED) is 0.511. The lowest BCUT2D eigenvalue weighted by Crippen LogP contribution is -2.21. The predicted octanol–water partition coefficient (Wildman–Crippen LogP) is 2.64. The van der Waals surface area contributed by atoms with Crippen molar-refractivity contribution in [2.24, 2.45) is 0 Å². The Morgan fingerprint density at radius 3 is 2.67 bits per heavy atom. The van der Waals surface area contributed by atoms with E-state index in [9.17, 15) is 23.3 Å². The first-order valence-corrected chi connectivity index (χ1v) is 9.83. The molecule has 1 heterocycles. The number of aromatic nitrogens is 2. The molecule has 27 heavy (non-hydrogen) atoms. The molecule has 140 valence electrons. The molecule has 0 aliphatic heterocycles. The molecule has 0 fully saturated rings. The van der Waals surface area contributed by atoms with Crippen LogP contribution in [0.2, 0.25) is 5.02 Å². The molecule has 0 bridgehead atoms. The Kier molecular flexibility index (Phi) is 4.85. The van der Waals surface area contributed by atoms with Crippen LogP contribution in [0.5, 0.6) is 0 Å². The lowest BCUT2D eigenvalue weighted by Gasteiger charge is -2.09. The third-order valence-corrected chi connectivity index (χ3v) is 4.97. The van der Waals surface area contributed by atoms with Crippen LogP contribution in [0.15, 0.2) is 47.6 Å². The number of fused-ring (bicyclic) bond motifs is 1. The van der Waals surface area contributed by atoms with E-state index in [1.807, 2.05) is 0 Å². The molecular formula is C16H13ClN4O5S. The molecule has 0 saturated heterocycles. The van der Waals surface area contributed by atoms with Crippen molar-refractivity contribution in [3.05, 3.63) is 57.6 Å². The number of nitrogens with zero attached hydrogens (tertiary/aromatic N) is 3. The molecule has 0 aliphatic rings. The van der Waals surface area contributed by atoms with Gasteiger partial charge in [0.15, 0.2) is 0 Å². The summed E-state index contributed by atoms with van der Waals surface area (Å²) in [6.07, 6.45) is 1.01. The van der Waals surface area contributed by atoms with Gasteiger partial charge in [0.2, 0.25) is 20.9 Å². The standard InChI is InChI=1S/C16H13ClN4O5S/c1-27(25,26)16-19-12-4-2-3-5-13(12)20(16)9-15(22)18-10-6-7-11(17)14(8-10)21(23)24/h2-8H,9H2,1H3,(H,18,22). The highest BCUT2D eigenvalue weighted by Gasteiger charge is 2.21. The van der Waals surface area contributed by atoms with Gasteiger partial charge in [0, 0.05) is 18.0 Å². The summed E-state index contributed by atoms with van der Waals surface area (Å²) in [5.41, 5.74) is 0.740. The van der Waals surface area contributed by atoms with Crippen LogP contribution in [0.25, 0.3) is 11.0 Å². The molecule has 11 heteroatoms. The molecule has 1 N–H and O–H groups in total. The van der Waals surface area contributed by atoms with Crippen molar-refractivity contribution in [2.45, 2.75) is 11.7 Å². The van der Waals surface area contributed by atoms with Crippen LogP contribution in [0.1, 0.15) is 0 Å². The summed E-state index contributed by atoms with van der Waals surface area (Å²) in [4.78, 5) is 26.8. The van der Waals surface area contributed by atoms with Crippen LogP contribution in [-0.4, -0.2) is 35.1 Å². The van der Waals surface area contributed by atoms with E-state index in [1.165, 1.54) is 16.7 Å². The van der Waals surface area contributed by atoms with Gasteiger partial charge in [0.25, 0.3) is 5.69 Å². The SMILES string of the molecule is CS(=O)(=O)c1nc2ccccc2n1CC(=O)Nc1ccc(Cl)c([N+](=O)[O-])c1. The maximum absolute atomic E-state index is 12.4. The van der Waals surface area contributed by atoms with Gasteiger partial charge in [-0.1, -0.05) is 23.7 Å². The number of imidazole rings is 1. The number of carbonyl (C=O) groups excluding carboxylic acids is 1. The number of sulfone groups is 1. The predicted molar refractivity (Wildman–Crippen MR) is 99.6 cm³/mol. The highest BCUT2D eigenvalue weighted by Crippen LogP contribution is 2.27. The van der Waals surface area contributed by atoms with Crippen molar-refractivity contribution in [1.29, 1.82) is 0 Å². The Balaban J connectivity index is 1.93. The number of para-hydroxylation sites is 2. The summed E-state index contributed by atoms with van der Waals surface area (Å²) in [6, 6.07) is 10.5. The Labute approximate surface area is 158 Å². The zero-order valence-corrected chi connectivity index (χ0v) is 15.5. The van der Waals surface area contributed by atoms with Crippen LogP contribution in [-0.2, 0) is 21.2 Å². The number of benzene rings is 2. The first kappa shape index (κ1) is 18.8. The number of hydrogen-bond donors (Lipinski definition) is 1. The highest BCUT2D eigenvalue weighted by atomic mass is 35.5. The molecule has 1 amide bonds. The Morgan fingerprint density at radius 2 is 2.00 bits per heavy atom. The number of hydrogen-bond acceptors (Lipinski definition) is 6.